The lowest BCUT2D eigenvalue weighted by Crippen LogP contribution is -2.09. The highest BCUT2D eigenvalue weighted by Gasteiger charge is 2.22. The molecule has 0 radical (unpaired) electrons. The van der Waals surface area contributed by atoms with Crippen LogP contribution in [0.5, 0.6) is 0 Å². The maximum Gasteiger partial charge on any atom is 0.264 e. The van der Waals surface area contributed by atoms with Crippen LogP contribution in [-0.4, -0.2) is 24.3 Å². The molecule has 0 aliphatic heterocycles. The lowest BCUT2D eigenvalue weighted by molar-refractivity contribution is 0.0473. The van der Waals surface area contributed by atoms with Crippen molar-refractivity contribution in [3.8, 4) is 0 Å². The molecule has 0 saturated carbocycles. The first-order chi connectivity index (χ1) is 8.79. The van der Waals surface area contributed by atoms with Crippen LogP contribution in [0.15, 0.2) is 11.1 Å². The van der Waals surface area contributed by atoms with Crippen LogP contribution in [0.3, 0.4) is 0 Å². The summed E-state index contributed by atoms with van der Waals surface area (Å²) in [6.45, 7) is 8.06. The molecule has 1 aromatic rings. The predicted molar refractivity (Wildman–Crippen MR) is 74.8 cm³/mol. The fourth-order valence-corrected chi connectivity index (χ4v) is 2.47. The molecule has 2 atom stereocenters. The fourth-order valence-electron chi connectivity index (χ4n) is 1.47. The Balaban J connectivity index is 3.03. The lowest BCUT2D eigenvalue weighted by Gasteiger charge is -2.10. The molecule has 0 saturated heterocycles. The average Bonchev–Trinajstić information content (AvgIpc) is 2.78. The van der Waals surface area contributed by atoms with E-state index in [2.05, 4.69) is 5.10 Å². The molecule has 1 heterocycles. The minimum absolute atomic E-state index is 0.0396. The highest BCUT2D eigenvalue weighted by Crippen LogP contribution is 2.23. The molecule has 1 rings (SSSR count). The van der Waals surface area contributed by atoms with Gasteiger partial charge in [0.1, 0.15) is 10.6 Å². The highest BCUT2D eigenvalue weighted by atomic mass is 35.7. The Morgan fingerprint density at radius 3 is 2.47 bits per heavy atom. The van der Waals surface area contributed by atoms with Crippen molar-refractivity contribution in [2.24, 2.45) is 0 Å². The number of rotatable bonds is 7. The van der Waals surface area contributed by atoms with Gasteiger partial charge in [0.2, 0.25) is 0 Å². The van der Waals surface area contributed by atoms with Crippen LogP contribution in [-0.2, 0) is 20.4 Å². The van der Waals surface area contributed by atoms with Gasteiger partial charge in [0, 0.05) is 22.9 Å². The Morgan fingerprint density at radius 1 is 1.37 bits per heavy atom. The summed E-state index contributed by atoms with van der Waals surface area (Å²) >= 11 is 0. The van der Waals surface area contributed by atoms with Gasteiger partial charge in [-0.05, 0) is 26.7 Å². The van der Waals surface area contributed by atoms with Crippen molar-refractivity contribution in [3.63, 3.8) is 0 Å². The zero-order valence-electron chi connectivity index (χ0n) is 11.8. The molecular formula is C12H21ClN2O3S. The highest BCUT2D eigenvalue weighted by molar-refractivity contribution is 8.13. The summed E-state index contributed by atoms with van der Waals surface area (Å²) < 4.78 is 30.3. The zero-order valence-corrected chi connectivity index (χ0v) is 13.3. The topological polar surface area (TPSA) is 61.2 Å². The minimum Gasteiger partial charge on any atom is -0.372 e. The number of ether oxygens (including phenoxy) is 1. The second-order valence-electron chi connectivity index (χ2n) is 4.65. The normalized spacial score (nSPS) is 15.4. The van der Waals surface area contributed by atoms with Crippen molar-refractivity contribution < 1.29 is 13.2 Å². The van der Waals surface area contributed by atoms with Crippen molar-refractivity contribution in [1.82, 2.24) is 9.78 Å². The summed E-state index contributed by atoms with van der Waals surface area (Å²) in [6, 6.07) is 0.120. The molecule has 110 valence electrons. The molecule has 0 amide bonds. The molecule has 0 aromatic carbocycles. The molecule has 7 heteroatoms. The second-order valence-corrected chi connectivity index (χ2v) is 7.18. The summed E-state index contributed by atoms with van der Waals surface area (Å²) in [6.07, 6.45) is 3.25. The molecule has 0 N–H and O–H groups in total. The molecule has 0 aliphatic rings. The van der Waals surface area contributed by atoms with Crippen molar-refractivity contribution in [1.29, 1.82) is 0 Å². The summed E-state index contributed by atoms with van der Waals surface area (Å²) in [4.78, 5) is 0.0396. The monoisotopic (exact) mass is 308 g/mol. The molecule has 0 spiro atoms. The van der Waals surface area contributed by atoms with Crippen LogP contribution in [0.4, 0.5) is 0 Å². The van der Waals surface area contributed by atoms with Crippen LogP contribution in [0, 0.1) is 0 Å². The number of halogens is 1. The van der Waals surface area contributed by atoms with Gasteiger partial charge in [-0.1, -0.05) is 13.8 Å². The van der Waals surface area contributed by atoms with Gasteiger partial charge in [-0.3, -0.25) is 4.68 Å². The molecule has 0 unspecified atom stereocenters. The van der Waals surface area contributed by atoms with Gasteiger partial charge < -0.3 is 4.74 Å². The van der Waals surface area contributed by atoms with Crippen LogP contribution in [0.2, 0.25) is 0 Å². The molecule has 0 aliphatic carbocycles. The standard InChI is InChI=1S/C12H21ClN2O3S/c1-5-9(3)15-7-12(19(13,16)17)11(14-15)8-18-10(4)6-2/h7,9-10H,5-6,8H2,1-4H3/t9-,10+/m0/s1. The summed E-state index contributed by atoms with van der Waals surface area (Å²) in [5, 5.41) is 4.28. The third-order valence-corrected chi connectivity index (χ3v) is 4.52. The van der Waals surface area contributed by atoms with E-state index in [0.29, 0.717) is 5.69 Å². The molecule has 19 heavy (non-hydrogen) atoms. The van der Waals surface area contributed by atoms with E-state index < -0.39 is 9.05 Å². The smallest absolute Gasteiger partial charge is 0.264 e. The molecule has 0 fully saturated rings. The maximum atomic E-state index is 11.5. The van der Waals surface area contributed by atoms with Gasteiger partial charge in [-0.15, -0.1) is 0 Å². The third-order valence-electron chi connectivity index (χ3n) is 3.15. The maximum absolute atomic E-state index is 11.5. The van der Waals surface area contributed by atoms with Crippen molar-refractivity contribution in [3.05, 3.63) is 11.9 Å². The Morgan fingerprint density at radius 2 is 2.00 bits per heavy atom. The van der Waals surface area contributed by atoms with E-state index >= 15 is 0 Å². The van der Waals surface area contributed by atoms with E-state index in [9.17, 15) is 8.42 Å². The Kier molecular flexibility index (Phi) is 5.82. The Bertz CT molecular complexity index is 513. The molecule has 5 nitrogen and oxygen atoms in total. The van der Waals surface area contributed by atoms with E-state index in [4.69, 9.17) is 15.4 Å². The van der Waals surface area contributed by atoms with Gasteiger partial charge in [0.05, 0.1) is 12.7 Å². The van der Waals surface area contributed by atoms with Crippen molar-refractivity contribution in [2.45, 2.75) is 64.2 Å². The van der Waals surface area contributed by atoms with E-state index in [1.54, 1.807) is 4.68 Å². The summed E-state index contributed by atoms with van der Waals surface area (Å²) in [7, 11) is 1.64. The first-order valence-electron chi connectivity index (χ1n) is 6.43. The number of hydrogen-bond acceptors (Lipinski definition) is 4. The van der Waals surface area contributed by atoms with E-state index in [1.165, 1.54) is 6.20 Å². The number of hydrogen-bond donors (Lipinski definition) is 0. The second kappa shape index (κ2) is 6.72. The van der Waals surface area contributed by atoms with Crippen LogP contribution in [0.1, 0.15) is 52.3 Å². The number of nitrogens with zero attached hydrogens (tertiary/aromatic N) is 2. The van der Waals surface area contributed by atoms with E-state index in [0.717, 1.165) is 12.8 Å². The van der Waals surface area contributed by atoms with Crippen LogP contribution < -0.4 is 0 Å². The molecule has 0 bridgehead atoms. The van der Waals surface area contributed by atoms with E-state index in [1.807, 2.05) is 27.7 Å². The van der Waals surface area contributed by atoms with Crippen LogP contribution >= 0.6 is 10.7 Å². The quantitative estimate of drug-likeness (QED) is 0.726. The summed E-state index contributed by atoms with van der Waals surface area (Å²) in [5.41, 5.74) is 0.371. The van der Waals surface area contributed by atoms with Crippen molar-refractivity contribution >= 4 is 19.7 Å². The zero-order chi connectivity index (χ0) is 14.6. The third kappa shape index (κ3) is 4.47. The Hall–Kier alpha value is -0.590. The van der Waals surface area contributed by atoms with Crippen molar-refractivity contribution in [2.75, 3.05) is 0 Å². The lowest BCUT2D eigenvalue weighted by atomic mass is 10.3. The molecular weight excluding hydrogens is 288 g/mol. The van der Waals surface area contributed by atoms with Gasteiger partial charge in [0.25, 0.3) is 9.05 Å². The largest absolute Gasteiger partial charge is 0.372 e. The Labute approximate surface area is 119 Å². The summed E-state index contributed by atoms with van der Waals surface area (Å²) in [5.74, 6) is 0. The number of aromatic nitrogens is 2. The minimum atomic E-state index is -3.80. The first-order valence-corrected chi connectivity index (χ1v) is 8.74. The SMILES string of the molecule is CC[C@@H](C)OCc1nn([C@@H](C)CC)cc1S(=O)(=O)Cl. The predicted octanol–water partition coefficient (Wildman–Crippen LogP) is 3.10. The van der Waals surface area contributed by atoms with Gasteiger partial charge in [-0.25, -0.2) is 8.42 Å². The first kappa shape index (κ1) is 16.5. The van der Waals surface area contributed by atoms with E-state index in [-0.39, 0.29) is 23.6 Å². The molecule has 1 aromatic heterocycles. The van der Waals surface area contributed by atoms with Gasteiger partial charge >= 0.3 is 0 Å². The van der Waals surface area contributed by atoms with Crippen LogP contribution in [0.25, 0.3) is 0 Å². The average molecular weight is 309 g/mol. The van der Waals surface area contributed by atoms with Gasteiger partial charge in [0.15, 0.2) is 0 Å². The van der Waals surface area contributed by atoms with Gasteiger partial charge in [-0.2, -0.15) is 5.10 Å². The fraction of sp³-hybridized carbons (Fsp3) is 0.750.